The Bertz CT molecular complexity index is 795. The monoisotopic (exact) mass is 358 g/mol. The maximum absolute atomic E-state index is 12.0. The summed E-state index contributed by atoms with van der Waals surface area (Å²) < 4.78 is 6.06. The van der Waals surface area contributed by atoms with E-state index in [-0.39, 0.29) is 23.3 Å². The number of aryl methyl sites for hydroxylation is 1. The van der Waals surface area contributed by atoms with Crippen molar-refractivity contribution in [1.82, 2.24) is 15.6 Å². The number of ether oxygens (including phenoxy) is 1. The average molecular weight is 358 g/mol. The number of carbonyl (C=O) groups is 1. The van der Waals surface area contributed by atoms with Crippen LogP contribution in [0.25, 0.3) is 0 Å². The first-order valence-electron chi connectivity index (χ1n) is 8.77. The Labute approximate surface area is 155 Å². The van der Waals surface area contributed by atoms with Gasteiger partial charge in [-0.1, -0.05) is 53.7 Å². The van der Waals surface area contributed by atoms with Crippen molar-refractivity contribution in [2.75, 3.05) is 0 Å². The molecule has 142 valence electrons. The quantitative estimate of drug-likeness (QED) is 0.443. The fraction of sp³-hybridized carbons (Fsp3) is 0.500. The second-order valence-electron chi connectivity index (χ2n) is 8.64. The van der Waals surface area contributed by atoms with Crippen molar-refractivity contribution < 1.29 is 9.53 Å². The summed E-state index contributed by atoms with van der Waals surface area (Å²) in [5.74, 6) is 5.68. The van der Waals surface area contributed by atoms with E-state index in [1.54, 1.807) is 6.92 Å². The number of aromatic nitrogens is 2. The Hall–Kier alpha value is -2.34. The SMILES string of the molecule is Cc1[nH]nc(COc2ccc(C(C)(C)C)cc2C(C)(C)C)c1C(=O)NN. The predicted octanol–water partition coefficient (Wildman–Crippen LogP) is 3.50. The number of aromatic amines is 1. The van der Waals surface area contributed by atoms with Crippen LogP contribution in [0.15, 0.2) is 18.2 Å². The maximum atomic E-state index is 12.0. The van der Waals surface area contributed by atoms with Crippen molar-refractivity contribution in [3.8, 4) is 5.75 Å². The van der Waals surface area contributed by atoms with Gasteiger partial charge in [-0.05, 0) is 34.9 Å². The molecular weight excluding hydrogens is 328 g/mol. The van der Waals surface area contributed by atoms with Gasteiger partial charge in [-0.15, -0.1) is 0 Å². The van der Waals surface area contributed by atoms with Gasteiger partial charge in [0, 0.05) is 5.69 Å². The van der Waals surface area contributed by atoms with Gasteiger partial charge < -0.3 is 4.74 Å². The second kappa shape index (κ2) is 7.11. The molecule has 1 aromatic carbocycles. The lowest BCUT2D eigenvalue weighted by Crippen LogP contribution is -2.31. The van der Waals surface area contributed by atoms with Gasteiger partial charge in [0.15, 0.2) is 0 Å². The highest BCUT2D eigenvalue weighted by Crippen LogP contribution is 2.35. The molecule has 1 aromatic heterocycles. The number of benzene rings is 1. The van der Waals surface area contributed by atoms with Crippen LogP contribution < -0.4 is 16.0 Å². The van der Waals surface area contributed by atoms with Crippen molar-refractivity contribution in [2.24, 2.45) is 5.84 Å². The third-order valence-electron chi connectivity index (χ3n) is 4.40. The van der Waals surface area contributed by atoms with E-state index >= 15 is 0 Å². The Balaban J connectivity index is 2.35. The third-order valence-corrected chi connectivity index (χ3v) is 4.40. The number of hydrazine groups is 1. The highest BCUT2D eigenvalue weighted by atomic mass is 16.5. The first-order chi connectivity index (χ1) is 11.9. The number of amides is 1. The standard InChI is InChI=1S/C20H30N4O2/c1-12-17(18(25)22-21)15(24-23-12)11-26-16-9-8-13(19(2,3)4)10-14(16)20(5,6)7/h8-10H,11,21H2,1-7H3,(H,22,25)(H,23,24). The van der Waals surface area contributed by atoms with Gasteiger partial charge in [-0.25, -0.2) is 5.84 Å². The van der Waals surface area contributed by atoms with E-state index < -0.39 is 0 Å². The van der Waals surface area contributed by atoms with E-state index in [4.69, 9.17) is 10.6 Å². The molecule has 26 heavy (non-hydrogen) atoms. The number of H-pyrrole nitrogens is 1. The number of hydrogen-bond acceptors (Lipinski definition) is 4. The number of nitrogen functional groups attached to an aromatic ring is 1. The zero-order chi connectivity index (χ0) is 19.7. The maximum Gasteiger partial charge on any atom is 0.269 e. The Morgan fingerprint density at radius 3 is 2.38 bits per heavy atom. The molecule has 2 rings (SSSR count). The van der Waals surface area contributed by atoms with Crippen LogP contribution in [0.4, 0.5) is 0 Å². The van der Waals surface area contributed by atoms with Gasteiger partial charge in [0.05, 0.1) is 5.56 Å². The Kier molecular flexibility index (Phi) is 5.47. The van der Waals surface area contributed by atoms with Gasteiger partial charge in [0.25, 0.3) is 5.91 Å². The van der Waals surface area contributed by atoms with E-state index in [1.807, 2.05) is 6.07 Å². The molecule has 4 N–H and O–H groups in total. The fourth-order valence-corrected chi connectivity index (χ4v) is 2.81. The van der Waals surface area contributed by atoms with E-state index in [9.17, 15) is 4.79 Å². The molecule has 6 heteroatoms. The lowest BCUT2D eigenvalue weighted by molar-refractivity contribution is 0.0950. The number of nitrogens with two attached hydrogens (primary N) is 1. The van der Waals surface area contributed by atoms with E-state index in [1.165, 1.54) is 5.56 Å². The largest absolute Gasteiger partial charge is 0.487 e. The molecule has 0 unspecified atom stereocenters. The highest BCUT2D eigenvalue weighted by Gasteiger charge is 2.24. The minimum Gasteiger partial charge on any atom is -0.487 e. The molecule has 0 atom stereocenters. The molecule has 0 fully saturated rings. The summed E-state index contributed by atoms with van der Waals surface area (Å²) in [6.07, 6.45) is 0. The molecule has 2 aromatic rings. The molecule has 0 bridgehead atoms. The van der Waals surface area contributed by atoms with Crippen LogP contribution in [0.2, 0.25) is 0 Å². The molecule has 6 nitrogen and oxygen atoms in total. The summed E-state index contributed by atoms with van der Waals surface area (Å²) in [6, 6.07) is 6.30. The van der Waals surface area contributed by atoms with Crippen LogP contribution in [-0.4, -0.2) is 16.1 Å². The van der Waals surface area contributed by atoms with Crippen molar-refractivity contribution >= 4 is 5.91 Å². The van der Waals surface area contributed by atoms with Gasteiger partial charge in [0.2, 0.25) is 0 Å². The topological polar surface area (TPSA) is 93.0 Å². The number of hydrogen-bond donors (Lipinski definition) is 3. The normalized spacial score (nSPS) is 12.2. The molecule has 0 radical (unpaired) electrons. The summed E-state index contributed by atoms with van der Waals surface area (Å²) in [4.78, 5) is 12.0. The van der Waals surface area contributed by atoms with Gasteiger partial charge in [-0.2, -0.15) is 5.10 Å². The Morgan fingerprint density at radius 1 is 1.19 bits per heavy atom. The molecule has 0 saturated heterocycles. The van der Waals surface area contributed by atoms with Crippen LogP contribution in [0.3, 0.4) is 0 Å². The minimum atomic E-state index is -0.381. The second-order valence-corrected chi connectivity index (χ2v) is 8.64. The van der Waals surface area contributed by atoms with Crippen molar-refractivity contribution in [3.63, 3.8) is 0 Å². The summed E-state index contributed by atoms with van der Waals surface area (Å²) in [6.45, 7) is 15.0. The lowest BCUT2D eigenvalue weighted by Gasteiger charge is -2.27. The predicted molar refractivity (Wildman–Crippen MR) is 103 cm³/mol. The van der Waals surface area contributed by atoms with E-state index in [2.05, 4.69) is 69.3 Å². The first-order valence-corrected chi connectivity index (χ1v) is 8.77. The van der Waals surface area contributed by atoms with Crippen molar-refractivity contribution in [1.29, 1.82) is 0 Å². The molecule has 0 saturated carbocycles. The van der Waals surface area contributed by atoms with Crippen molar-refractivity contribution in [3.05, 3.63) is 46.3 Å². The van der Waals surface area contributed by atoms with Gasteiger partial charge >= 0.3 is 0 Å². The lowest BCUT2D eigenvalue weighted by atomic mass is 9.80. The summed E-state index contributed by atoms with van der Waals surface area (Å²) in [5.41, 5.74) is 6.14. The summed E-state index contributed by atoms with van der Waals surface area (Å²) in [7, 11) is 0. The van der Waals surface area contributed by atoms with E-state index in [0.717, 1.165) is 11.3 Å². The fourth-order valence-electron chi connectivity index (χ4n) is 2.81. The smallest absolute Gasteiger partial charge is 0.269 e. The zero-order valence-electron chi connectivity index (χ0n) is 16.8. The Morgan fingerprint density at radius 2 is 1.85 bits per heavy atom. The minimum absolute atomic E-state index is 0.0597. The summed E-state index contributed by atoms with van der Waals surface area (Å²) in [5, 5.41) is 7.00. The van der Waals surface area contributed by atoms with Crippen LogP contribution in [0, 0.1) is 6.92 Å². The number of nitrogens with zero attached hydrogens (tertiary/aromatic N) is 1. The van der Waals surface area contributed by atoms with Crippen LogP contribution in [0.5, 0.6) is 5.75 Å². The van der Waals surface area contributed by atoms with E-state index in [0.29, 0.717) is 17.0 Å². The van der Waals surface area contributed by atoms with Crippen LogP contribution >= 0.6 is 0 Å². The number of rotatable bonds is 4. The third kappa shape index (κ3) is 4.25. The number of carbonyl (C=O) groups excluding carboxylic acids is 1. The van der Waals surface area contributed by atoms with Crippen LogP contribution in [-0.2, 0) is 17.4 Å². The van der Waals surface area contributed by atoms with Gasteiger partial charge in [0.1, 0.15) is 18.1 Å². The molecule has 1 amide bonds. The molecule has 0 aliphatic carbocycles. The molecule has 0 aliphatic rings. The number of nitrogens with one attached hydrogen (secondary N) is 2. The van der Waals surface area contributed by atoms with Crippen LogP contribution in [0.1, 0.15) is 74.4 Å². The molecule has 0 aliphatic heterocycles. The van der Waals surface area contributed by atoms with Gasteiger partial charge in [-0.3, -0.25) is 15.3 Å². The molecule has 0 spiro atoms. The summed E-state index contributed by atoms with van der Waals surface area (Å²) >= 11 is 0. The van der Waals surface area contributed by atoms with Crippen molar-refractivity contribution in [2.45, 2.75) is 65.9 Å². The molecule has 1 heterocycles. The first kappa shape index (κ1) is 20.0. The zero-order valence-corrected chi connectivity index (χ0v) is 16.8. The molecular formula is C20H30N4O2. The average Bonchev–Trinajstić information content (AvgIpc) is 2.91. The highest BCUT2D eigenvalue weighted by molar-refractivity contribution is 5.95.